The predicted octanol–water partition coefficient (Wildman–Crippen LogP) is 2.64. The molecule has 1 aliphatic heterocycles. The molecule has 0 amide bonds. The number of hydrogen-bond acceptors (Lipinski definition) is 3. The van der Waals surface area contributed by atoms with Crippen LogP contribution in [0.3, 0.4) is 0 Å². The molecule has 1 saturated heterocycles. The molecule has 0 bridgehead atoms. The molecule has 19 heavy (non-hydrogen) atoms. The van der Waals surface area contributed by atoms with E-state index < -0.39 is 5.97 Å². The Kier molecular flexibility index (Phi) is 4.40. The molecule has 1 aliphatic rings. The van der Waals surface area contributed by atoms with Gasteiger partial charge in [0.05, 0.1) is 11.6 Å². The second kappa shape index (κ2) is 6.24. The summed E-state index contributed by atoms with van der Waals surface area (Å²) in [6, 6.07) is 9.81. The van der Waals surface area contributed by atoms with Gasteiger partial charge in [0.2, 0.25) is 0 Å². The van der Waals surface area contributed by atoms with Crippen molar-refractivity contribution >= 4 is 11.7 Å². The van der Waals surface area contributed by atoms with Gasteiger partial charge >= 0.3 is 5.97 Å². The Bertz CT molecular complexity index is 485. The van der Waals surface area contributed by atoms with Crippen LogP contribution < -0.4 is 4.90 Å². The summed E-state index contributed by atoms with van der Waals surface area (Å²) in [5.74, 6) is -0.185. The minimum absolute atomic E-state index is 0.272. The average molecular weight is 258 g/mol. The lowest BCUT2D eigenvalue weighted by molar-refractivity contribution is -0.137. The molecule has 0 saturated carbocycles. The van der Waals surface area contributed by atoms with Gasteiger partial charge < -0.3 is 10.0 Å². The standard InChI is InChI=1S/C15H18N2O2/c16-11-13-2-1-3-14(10-13)17-8-6-12(7-9-17)4-5-15(18)19/h1-3,10,12H,4-9H2,(H,18,19). The summed E-state index contributed by atoms with van der Waals surface area (Å²) in [7, 11) is 0. The zero-order valence-corrected chi connectivity index (χ0v) is 10.9. The molecular formula is C15H18N2O2. The van der Waals surface area contributed by atoms with Crippen molar-refractivity contribution in [2.75, 3.05) is 18.0 Å². The van der Waals surface area contributed by atoms with Crippen molar-refractivity contribution in [2.24, 2.45) is 5.92 Å². The van der Waals surface area contributed by atoms with Gasteiger partial charge in [-0.3, -0.25) is 4.79 Å². The Morgan fingerprint density at radius 2 is 2.16 bits per heavy atom. The predicted molar refractivity (Wildman–Crippen MR) is 73.0 cm³/mol. The largest absolute Gasteiger partial charge is 0.481 e. The molecule has 100 valence electrons. The van der Waals surface area contributed by atoms with E-state index in [1.807, 2.05) is 24.3 Å². The second-order valence-electron chi connectivity index (χ2n) is 5.02. The van der Waals surface area contributed by atoms with Crippen LogP contribution in [0, 0.1) is 17.2 Å². The molecule has 1 heterocycles. The summed E-state index contributed by atoms with van der Waals surface area (Å²) in [6.45, 7) is 1.89. The smallest absolute Gasteiger partial charge is 0.303 e. The number of rotatable bonds is 4. The van der Waals surface area contributed by atoms with Gasteiger partial charge in [0, 0.05) is 25.2 Å². The second-order valence-corrected chi connectivity index (χ2v) is 5.02. The third-order valence-electron chi connectivity index (χ3n) is 3.72. The molecule has 2 rings (SSSR count). The van der Waals surface area contributed by atoms with Gasteiger partial charge in [0.15, 0.2) is 0 Å². The van der Waals surface area contributed by atoms with E-state index in [0.29, 0.717) is 11.5 Å². The fraction of sp³-hybridized carbons (Fsp3) is 0.467. The summed E-state index contributed by atoms with van der Waals surface area (Å²) in [4.78, 5) is 12.8. The maximum absolute atomic E-state index is 10.6. The number of benzene rings is 1. The van der Waals surface area contributed by atoms with E-state index in [0.717, 1.165) is 38.0 Å². The first-order chi connectivity index (χ1) is 9.19. The highest BCUT2D eigenvalue weighted by atomic mass is 16.4. The Morgan fingerprint density at radius 1 is 1.42 bits per heavy atom. The molecule has 0 spiro atoms. The van der Waals surface area contributed by atoms with E-state index in [9.17, 15) is 4.79 Å². The van der Waals surface area contributed by atoms with Crippen molar-refractivity contribution in [2.45, 2.75) is 25.7 Å². The summed E-state index contributed by atoms with van der Waals surface area (Å²) in [5.41, 5.74) is 1.78. The average Bonchev–Trinajstić information content (AvgIpc) is 2.45. The van der Waals surface area contributed by atoms with E-state index in [2.05, 4.69) is 11.0 Å². The molecular weight excluding hydrogens is 240 g/mol. The van der Waals surface area contributed by atoms with Gasteiger partial charge in [0.25, 0.3) is 0 Å². The van der Waals surface area contributed by atoms with Gasteiger partial charge in [-0.1, -0.05) is 6.07 Å². The van der Waals surface area contributed by atoms with Crippen LogP contribution in [0.2, 0.25) is 0 Å². The van der Waals surface area contributed by atoms with E-state index in [1.165, 1.54) is 0 Å². The van der Waals surface area contributed by atoms with Crippen LogP contribution in [-0.4, -0.2) is 24.2 Å². The van der Waals surface area contributed by atoms with Crippen LogP contribution in [-0.2, 0) is 4.79 Å². The number of nitriles is 1. The number of carboxylic acids is 1. The number of anilines is 1. The van der Waals surface area contributed by atoms with Gasteiger partial charge in [-0.15, -0.1) is 0 Å². The minimum atomic E-state index is -0.704. The van der Waals surface area contributed by atoms with E-state index >= 15 is 0 Å². The highest BCUT2D eigenvalue weighted by Crippen LogP contribution is 2.26. The molecule has 0 radical (unpaired) electrons. The number of carboxylic acid groups (broad SMARTS) is 1. The van der Waals surface area contributed by atoms with Crippen LogP contribution in [0.4, 0.5) is 5.69 Å². The Morgan fingerprint density at radius 3 is 2.79 bits per heavy atom. The normalized spacial score (nSPS) is 16.1. The first kappa shape index (κ1) is 13.4. The zero-order valence-electron chi connectivity index (χ0n) is 10.9. The van der Waals surface area contributed by atoms with Crippen molar-refractivity contribution in [3.05, 3.63) is 29.8 Å². The summed E-state index contributed by atoms with van der Waals surface area (Å²) >= 11 is 0. The summed E-state index contributed by atoms with van der Waals surface area (Å²) < 4.78 is 0. The van der Waals surface area contributed by atoms with E-state index in [-0.39, 0.29) is 6.42 Å². The van der Waals surface area contributed by atoms with Gasteiger partial charge in [-0.05, 0) is 43.4 Å². The molecule has 0 atom stereocenters. The van der Waals surface area contributed by atoms with E-state index in [4.69, 9.17) is 10.4 Å². The third-order valence-corrected chi connectivity index (χ3v) is 3.72. The fourth-order valence-corrected chi connectivity index (χ4v) is 2.58. The Labute approximate surface area is 113 Å². The molecule has 4 nitrogen and oxygen atoms in total. The van der Waals surface area contributed by atoms with Crippen molar-refractivity contribution < 1.29 is 9.90 Å². The third kappa shape index (κ3) is 3.72. The SMILES string of the molecule is N#Cc1cccc(N2CCC(CCC(=O)O)CC2)c1. The Hall–Kier alpha value is -2.02. The number of carbonyl (C=O) groups is 1. The van der Waals surface area contributed by atoms with Gasteiger partial charge in [-0.25, -0.2) is 0 Å². The van der Waals surface area contributed by atoms with Crippen LogP contribution in [0.1, 0.15) is 31.2 Å². The topological polar surface area (TPSA) is 64.3 Å². The molecule has 1 fully saturated rings. The summed E-state index contributed by atoms with van der Waals surface area (Å²) in [5, 5.41) is 17.6. The molecule has 1 N–H and O–H groups in total. The zero-order chi connectivity index (χ0) is 13.7. The van der Waals surface area contributed by atoms with Gasteiger partial charge in [0.1, 0.15) is 0 Å². The van der Waals surface area contributed by atoms with E-state index in [1.54, 1.807) is 0 Å². The van der Waals surface area contributed by atoms with Crippen LogP contribution in [0.5, 0.6) is 0 Å². The minimum Gasteiger partial charge on any atom is -0.481 e. The molecule has 0 aromatic heterocycles. The number of piperidine rings is 1. The lowest BCUT2D eigenvalue weighted by atomic mass is 9.92. The van der Waals surface area contributed by atoms with Crippen LogP contribution in [0.15, 0.2) is 24.3 Å². The number of nitrogens with zero attached hydrogens (tertiary/aromatic N) is 2. The molecule has 1 aromatic rings. The fourth-order valence-electron chi connectivity index (χ4n) is 2.58. The number of hydrogen-bond donors (Lipinski definition) is 1. The quantitative estimate of drug-likeness (QED) is 0.901. The lowest BCUT2D eigenvalue weighted by Gasteiger charge is -2.33. The van der Waals surface area contributed by atoms with Crippen molar-refractivity contribution in [1.29, 1.82) is 5.26 Å². The molecule has 4 heteroatoms. The molecule has 0 unspecified atom stereocenters. The first-order valence-electron chi connectivity index (χ1n) is 6.66. The molecule has 0 aliphatic carbocycles. The first-order valence-corrected chi connectivity index (χ1v) is 6.66. The van der Waals surface area contributed by atoms with Crippen molar-refractivity contribution in [3.8, 4) is 6.07 Å². The lowest BCUT2D eigenvalue weighted by Crippen LogP contribution is -2.33. The van der Waals surface area contributed by atoms with Crippen LogP contribution >= 0.6 is 0 Å². The monoisotopic (exact) mass is 258 g/mol. The van der Waals surface area contributed by atoms with Gasteiger partial charge in [-0.2, -0.15) is 5.26 Å². The number of aliphatic carboxylic acids is 1. The highest BCUT2D eigenvalue weighted by Gasteiger charge is 2.20. The highest BCUT2D eigenvalue weighted by molar-refractivity contribution is 5.66. The maximum atomic E-state index is 10.6. The van der Waals surface area contributed by atoms with Crippen molar-refractivity contribution in [3.63, 3.8) is 0 Å². The van der Waals surface area contributed by atoms with Crippen LogP contribution in [0.25, 0.3) is 0 Å². The molecule has 1 aromatic carbocycles. The van der Waals surface area contributed by atoms with Crippen molar-refractivity contribution in [1.82, 2.24) is 0 Å². The maximum Gasteiger partial charge on any atom is 0.303 e. The Balaban J connectivity index is 1.89. The summed E-state index contributed by atoms with van der Waals surface area (Å²) in [6.07, 6.45) is 3.12.